The Morgan fingerprint density at radius 2 is 2.08 bits per heavy atom. The highest BCUT2D eigenvalue weighted by Gasteiger charge is 2.50. The minimum atomic E-state index is -1.81. The zero-order valence-electron chi connectivity index (χ0n) is 13.4. The Hall–Kier alpha value is -2.66. The molecule has 1 aliphatic rings. The Labute approximate surface area is 140 Å². The summed E-state index contributed by atoms with van der Waals surface area (Å²) in [5.74, 6) is -0.234. The number of aliphatic hydroxyl groups is 1. The van der Waals surface area contributed by atoms with E-state index in [1.807, 2.05) is 13.0 Å². The molecule has 0 aliphatic carbocycles. The Morgan fingerprint density at radius 3 is 2.79 bits per heavy atom. The fourth-order valence-electron chi connectivity index (χ4n) is 3.00. The highest BCUT2D eigenvalue weighted by Crippen LogP contribution is 2.42. The number of hydrogen-bond acceptors (Lipinski definition) is 4. The van der Waals surface area contributed by atoms with Gasteiger partial charge in [-0.25, -0.2) is 0 Å². The van der Waals surface area contributed by atoms with Gasteiger partial charge in [0.15, 0.2) is 11.4 Å². The lowest BCUT2D eigenvalue weighted by Gasteiger charge is -2.21. The zero-order valence-corrected chi connectivity index (χ0v) is 13.4. The molecule has 0 spiro atoms. The maximum Gasteiger partial charge on any atom is 0.264 e. The number of hydrogen-bond donors (Lipinski definition) is 1. The Kier molecular flexibility index (Phi) is 4.36. The van der Waals surface area contributed by atoms with Gasteiger partial charge in [0.1, 0.15) is 5.76 Å². The van der Waals surface area contributed by atoms with Gasteiger partial charge in [-0.2, -0.15) is 0 Å². The molecule has 124 valence electrons. The average molecular weight is 325 g/mol. The van der Waals surface area contributed by atoms with Gasteiger partial charge >= 0.3 is 0 Å². The molecule has 2 aromatic rings. The van der Waals surface area contributed by atoms with Crippen LogP contribution in [-0.4, -0.2) is 23.3 Å². The number of benzene rings is 1. The van der Waals surface area contributed by atoms with Crippen molar-refractivity contribution in [2.24, 2.45) is 0 Å². The number of anilines is 1. The molecule has 1 aromatic heterocycles. The quantitative estimate of drug-likeness (QED) is 0.829. The molecule has 1 aromatic carbocycles. The van der Waals surface area contributed by atoms with Crippen LogP contribution in [0.5, 0.6) is 0 Å². The molecule has 0 saturated carbocycles. The molecule has 3 rings (SSSR count). The largest absolute Gasteiger partial charge is 0.465 e. The van der Waals surface area contributed by atoms with E-state index in [0.717, 1.165) is 6.42 Å². The fourth-order valence-corrected chi connectivity index (χ4v) is 3.00. The van der Waals surface area contributed by atoms with Gasteiger partial charge in [0.05, 0.1) is 18.4 Å². The van der Waals surface area contributed by atoms with Crippen LogP contribution in [0.4, 0.5) is 5.69 Å². The van der Waals surface area contributed by atoms with Gasteiger partial charge in [-0.15, -0.1) is 0 Å². The lowest BCUT2D eigenvalue weighted by molar-refractivity contribution is -0.140. The smallest absolute Gasteiger partial charge is 0.264 e. The van der Waals surface area contributed by atoms with Crippen molar-refractivity contribution < 1.29 is 19.1 Å². The number of carbonyl (C=O) groups excluding carboxylic acids is 2. The number of amides is 1. The Morgan fingerprint density at radius 1 is 1.29 bits per heavy atom. The first-order chi connectivity index (χ1) is 11.6. The van der Waals surface area contributed by atoms with Gasteiger partial charge in [-0.1, -0.05) is 25.1 Å². The van der Waals surface area contributed by atoms with E-state index in [1.54, 1.807) is 35.2 Å². The first-order valence-electron chi connectivity index (χ1n) is 7.94. The van der Waals surface area contributed by atoms with E-state index in [-0.39, 0.29) is 12.2 Å². The third kappa shape index (κ3) is 2.78. The summed E-state index contributed by atoms with van der Waals surface area (Å²) in [6, 6.07) is 10.5. The minimum absolute atomic E-state index is 0.291. The zero-order chi connectivity index (χ0) is 17.2. The fraction of sp³-hybridized carbons (Fsp3) is 0.263. The van der Waals surface area contributed by atoms with Gasteiger partial charge in [0.2, 0.25) is 0 Å². The molecular weight excluding hydrogens is 306 g/mol. The van der Waals surface area contributed by atoms with E-state index in [9.17, 15) is 14.7 Å². The predicted molar refractivity (Wildman–Crippen MR) is 90.3 cm³/mol. The third-order valence-corrected chi connectivity index (χ3v) is 4.09. The molecule has 5 heteroatoms. The van der Waals surface area contributed by atoms with Crippen LogP contribution >= 0.6 is 0 Å². The van der Waals surface area contributed by atoms with Crippen molar-refractivity contribution in [2.45, 2.75) is 25.4 Å². The number of allylic oxidation sites excluding steroid dienone is 1. The molecule has 1 N–H and O–H groups in total. The third-order valence-electron chi connectivity index (χ3n) is 4.09. The second kappa shape index (κ2) is 6.45. The van der Waals surface area contributed by atoms with Crippen molar-refractivity contribution >= 4 is 23.5 Å². The number of nitrogens with zero attached hydrogens (tertiary/aromatic N) is 1. The number of ketones is 1. The summed E-state index contributed by atoms with van der Waals surface area (Å²) in [7, 11) is 0. The topological polar surface area (TPSA) is 70.8 Å². The second-order valence-corrected chi connectivity index (χ2v) is 5.83. The maximum absolute atomic E-state index is 12.7. The number of fused-ring (bicyclic) bond motifs is 1. The van der Waals surface area contributed by atoms with Crippen LogP contribution in [-0.2, 0) is 15.2 Å². The summed E-state index contributed by atoms with van der Waals surface area (Å²) in [5, 5.41) is 11.0. The van der Waals surface area contributed by atoms with Gasteiger partial charge in [0, 0.05) is 12.1 Å². The van der Waals surface area contributed by atoms with E-state index in [2.05, 4.69) is 0 Å². The number of carbonyl (C=O) groups is 2. The van der Waals surface area contributed by atoms with Crippen LogP contribution in [0.2, 0.25) is 0 Å². The molecule has 24 heavy (non-hydrogen) atoms. The van der Waals surface area contributed by atoms with Crippen LogP contribution in [0.1, 0.15) is 31.1 Å². The summed E-state index contributed by atoms with van der Waals surface area (Å²) in [6.07, 6.45) is 4.84. The first kappa shape index (κ1) is 16.2. The molecule has 1 atom stereocenters. The molecule has 0 bridgehead atoms. The predicted octanol–water partition coefficient (Wildman–Crippen LogP) is 2.90. The summed E-state index contributed by atoms with van der Waals surface area (Å²) in [4.78, 5) is 26.5. The van der Waals surface area contributed by atoms with E-state index >= 15 is 0 Å². The van der Waals surface area contributed by atoms with Gasteiger partial charge in [-0.05, 0) is 36.8 Å². The van der Waals surface area contributed by atoms with Crippen molar-refractivity contribution in [1.29, 1.82) is 0 Å². The molecule has 1 amide bonds. The van der Waals surface area contributed by atoms with Gasteiger partial charge < -0.3 is 14.4 Å². The molecule has 0 saturated heterocycles. The highest BCUT2D eigenvalue weighted by atomic mass is 16.3. The molecule has 2 heterocycles. The van der Waals surface area contributed by atoms with Crippen LogP contribution in [0, 0.1) is 0 Å². The van der Waals surface area contributed by atoms with E-state index in [4.69, 9.17) is 4.42 Å². The van der Waals surface area contributed by atoms with Crippen molar-refractivity contribution in [2.75, 3.05) is 11.4 Å². The number of rotatable bonds is 6. The lowest BCUT2D eigenvalue weighted by Crippen LogP contribution is -2.41. The highest BCUT2D eigenvalue weighted by molar-refractivity contribution is 6.10. The van der Waals surface area contributed by atoms with Crippen LogP contribution in [0.15, 0.2) is 53.2 Å². The SMILES string of the molecule is CCCN1C(=O)C(O)(CC(=O)/C=C/c2ccco2)c2ccccc21. The van der Waals surface area contributed by atoms with Crippen molar-refractivity contribution in [3.63, 3.8) is 0 Å². The first-order valence-corrected chi connectivity index (χ1v) is 7.94. The number of para-hydroxylation sites is 1. The van der Waals surface area contributed by atoms with Crippen LogP contribution in [0.3, 0.4) is 0 Å². The van der Waals surface area contributed by atoms with Crippen LogP contribution < -0.4 is 4.90 Å². The van der Waals surface area contributed by atoms with E-state index in [1.165, 1.54) is 18.4 Å². The summed E-state index contributed by atoms with van der Waals surface area (Å²) >= 11 is 0. The Bertz CT molecular complexity index is 778. The molecule has 5 nitrogen and oxygen atoms in total. The van der Waals surface area contributed by atoms with E-state index < -0.39 is 11.5 Å². The molecule has 1 aliphatic heterocycles. The maximum atomic E-state index is 12.7. The van der Waals surface area contributed by atoms with Crippen molar-refractivity contribution in [3.8, 4) is 0 Å². The average Bonchev–Trinajstić information content (AvgIpc) is 3.16. The monoisotopic (exact) mass is 325 g/mol. The van der Waals surface area contributed by atoms with Gasteiger partial charge in [-0.3, -0.25) is 9.59 Å². The lowest BCUT2D eigenvalue weighted by atomic mass is 9.90. The summed E-state index contributed by atoms with van der Waals surface area (Å²) in [6.45, 7) is 2.47. The summed E-state index contributed by atoms with van der Waals surface area (Å²) in [5.41, 5.74) is -0.644. The van der Waals surface area contributed by atoms with Crippen molar-refractivity contribution in [1.82, 2.24) is 0 Å². The normalized spacial score (nSPS) is 19.9. The molecule has 1 unspecified atom stereocenters. The Balaban J connectivity index is 1.86. The molecule has 0 fully saturated rings. The molecule has 0 radical (unpaired) electrons. The van der Waals surface area contributed by atoms with E-state index in [0.29, 0.717) is 23.6 Å². The second-order valence-electron chi connectivity index (χ2n) is 5.83. The number of furan rings is 1. The molecular formula is C19H19NO4. The summed E-state index contributed by atoms with van der Waals surface area (Å²) < 4.78 is 5.13. The van der Waals surface area contributed by atoms with Gasteiger partial charge in [0.25, 0.3) is 5.91 Å². The van der Waals surface area contributed by atoms with Crippen LogP contribution in [0.25, 0.3) is 6.08 Å². The van der Waals surface area contributed by atoms with Crippen molar-refractivity contribution in [3.05, 3.63) is 60.1 Å². The minimum Gasteiger partial charge on any atom is -0.465 e. The standard InChI is InChI=1S/C19H19NO4/c1-2-11-20-17-8-4-3-7-16(17)19(23,18(20)22)13-14(21)9-10-15-6-5-12-24-15/h3-10,12,23H,2,11,13H2,1H3/b10-9+.